The van der Waals surface area contributed by atoms with Crippen molar-refractivity contribution in [3.05, 3.63) is 10.8 Å². The first-order valence-corrected chi connectivity index (χ1v) is 4.42. The summed E-state index contributed by atoms with van der Waals surface area (Å²) in [5.41, 5.74) is 10.6. The Morgan fingerprint density at radius 3 is 2.69 bits per heavy atom. The highest BCUT2D eigenvalue weighted by Crippen LogP contribution is 2.19. The van der Waals surface area contributed by atoms with Crippen molar-refractivity contribution in [1.82, 2.24) is 9.97 Å². The standard InChI is InChI=1S/C7H9ClN6O2/c8-4-7(12-1-2(15)16)14-6(11)3(13-4)5(9)10/h1H2,(H3,9,10)(H,15,16)(H3,11,12,14). The zero-order chi connectivity index (χ0) is 12.3. The molecule has 0 bridgehead atoms. The Hall–Kier alpha value is -2.09. The van der Waals surface area contributed by atoms with E-state index in [9.17, 15) is 4.79 Å². The first-order chi connectivity index (χ1) is 7.41. The second-order valence-electron chi connectivity index (χ2n) is 2.76. The van der Waals surface area contributed by atoms with Gasteiger partial charge in [0.25, 0.3) is 0 Å². The smallest absolute Gasteiger partial charge is 0.322 e. The number of rotatable bonds is 4. The second-order valence-corrected chi connectivity index (χ2v) is 3.12. The van der Waals surface area contributed by atoms with Crippen LogP contribution in [0.1, 0.15) is 5.69 Å². The van der Waals surface area contributed by atoms with Crippen LogP contribution in [0.4, 0.5) is 11.6 Å². The van der Waals surface area contributed by atoms with Crippen LogP contribution >= 0.6 is 11.6 Å². The molecule has 1 heterocycles. The Morgan fingerprint density at radius 2 is 2.19 bits per heavy atom. The van der Waals surface area contributed by atoms with Gasteiger partial charge in [-0.05, 0) is 0 Å². The highest BCUT2D eigenvalue weighted by atomic mass is 35.5. The summed E-state index contributed by atoms with van der Waals surface area (Å²) in [7, 11) is 0. The summed E-state index contributed by atoms with van der Waals surface area (Å²) in [6.07, 6.45) is 0. The van der Waals surface area contributed by atoms with Crippen LogP contribution in [0.5, 0.6) is 0 Å². The van der Waals surface area contributed by atoms with Crippen LogP contribution in [0.3, 0.4) is 0 Å². The fraction of sp³-hybridized carbons (Fsp3) is 0.143. The number of nitrogens with one attached hydrogen (secondary N) is 2. The highest BCUT2D eigenvalue weighted by molar-refractivity contribution is 6.32. The van der Waals surface area contributed by atoms with Gasteiger partial charge in [0, 0.05) is 0 Å². The highest BCUT2D eigenvalue weighted by Gasteiger charge is 2.12. The number of hydrogen-bond acceptors (Lipinski definition) is 6. The van der Waals surface area contributed by atoms with Crippen LogP contribution in [-0.2, 0) is 4.79 Å². The van der Waals surface area contributed by atoms with E-state index in [4.69, 9.17) is 33.6 Å². The molecular formula is C7H9ClN6O2. The van der Waals surface area contributed by atoms with Crippen molar-refractivity contribution in [1.29, 1.82) is 5.41 Å². The van der Waals surface area contributed by atoms with Crippen molar-refractivity contribution in [2.75, 3.05) is 17.6 Å². The van der Waals surface area contributed by atoms with Gasteiger partial charge in [0.2, 0.25) is 0 Å². The van der Waals surface area contributed by atoms with E-state index in [1.807, 2.05) is 0 Å². The molecule has 0 aliphatic heterocycles. The van der Waals surface area contributed by atoms with Gasteiger partial charge in [-0.15, -0.1) is 0 Å². The summed E-state index contributed by atoms with van der Waals surface area (Å²) in [6.45, 7) is -0.368. The van der Waals surface area contributed by atoms with Crippen molar-refractivity contribution >= 4 is 35.0 Å². The Balaban J connectivity index is 3.01. The van der Waals surface area contributed by atoms with Gasteiger partial charge in [-0.3, -0.25) is 10.2 Å². The number of nitrogen functional groups attached to an aromatic ring is 2. The number of anilines is 2. The summed E-state index contributed by atoms with van der Waals surface area (Å²) < 4.78 is 0. The minimum absolute atomic E-state index is 0.0339. The summed E-state index contributed by atoms with van der Waals surface area (Å²) in [6, 6.07) is 0. The number of amidine groups is 1. The van der Waals surface area contributed by atoms with Crippen molar-refractivity contribution < 1.29 is 9.90 Å². The SMILES string of the molecule is N=C(N)c1nc(Cl)c(NCC(=O)O)nc1N. The topological polar surface area (TPSA) is 151 Å². The zero-order valence-electron chi connectivity index (χ0n) is 7.99. The summed E-state index contributed by atoms with van der Waals surface area (Å²) >= 11 is 5.69. The molecule has 0 amide bonds. The van der Waals surface area contributed by atoms with Gasteiger partial charge in [0.05, 0.1) is 0 Å². The quantitative estimate of drug-likeness (QED) is 0.353. The van der Waals surface area contributed by atoms with Crippen LogP contribution in [0, 0.1) is 5.41 Å². The van der Waals surface area contributed by atoms with Gasteiger partial charge in [0.1, 0.15) is 18.1 Å². The Morgan fingerprint density at radius 1 is 1.56 bits per heavy atom. The molecule has 7 N–H and O–H groups in total. The van der Waals surface area contributed by atoms with Crippen molar-refractivity contribution in [3.8, 4) is 0 Å². The third kappa shape index (κ3) is 2.70. The minimum Gasteiger partial charge on any atom is -0.480 e. The number of aliphatic carboxylic acids is 1. The lowest BCUT2D eigenvalue weighted by Crippen LogP contribution is -2.19. The van der Waals surface area contributed by atoms with Gasteiger partial charge >= 0.3 is 5.97 Å². The average Bonchev–Trinajstić information content (AvgIpc) is 2.18. The molecule has 0 radical (unpaired) electrons. The van der Waals surface area contributed by atoms with Crippen LogP contribution in [0.15, 0.2) is 0 Å². The molecule has 0 atom stereocenters. The first-order valence-electron chi connectivity index (χ1n) is 4.05. The van der Waals surface area contributed by atoms with E-state index in [1.54, 1.807) is 0 Å². The Kier molecular flexibility index (Phi) is 3.46. The van der Waals surface area contributed by atoms with Crippen molar-refractivity contribution in [2.45, 2.75) is 0 Å². The first kappa shape index (κ1) is 12.0. The second kappa shape index (κ2) is 4.62. The molecule has 0 saturated heterocycles. The normalized spacial score (nSPS) is 9.81. The lowest BCUT2D eigenvalue weighted by Gasteiger charge is -2.08. The molecule has 1 rings (SSSR count). The molecule has 0 unspecified atom stereocenters. The number of nitrogens with two attached hydrogens (primary N) is 2. The lowest BCUT2D eigenvalue weighted by molar-refractivity contribution is -0.134. The van der Waals surface area contributed by atoms with E-state index in [0.29, 0.717) is 0 Å². The number of carboxylic acids is 1. The molecule has 8 nitrogen and oxygen atoms in total. The molecule has 0 aromatic carbocycles. The van der Waals surface area contributed by atoms with Crippen molar-refractivity contribution in [3.63, 3.8) is 0 Å². The molecule has 86 valence electrons. The summed E-state index contributed by atoms with van der Waals surface area (Å²) in [4.78, 5) is 17.8. The van der Waals surface area contributed by atoms with Crippen LogP contribution in [0.2, 0.25) is 5.15 Å². The largest absolute Gasteiger partial charge is 0.480 e. The number of nitrogens with zero attached hydrogens (tertiary/aromatic N) is 2. The molecule has 0 aliphatic carbocycles. The van der Waals surface area contributed by atoms with E-state index >= 15 is 0 Å². The third-order valence-corrected chi connectivity index (χ3v) is 1.81. The molecular weight excluding hydrogens is 236 g/mol. The zero-order valence-corrected chi connectivity index (χ0v) is 8.75. The molecule has 1 aromatic heterocycles. The molecule has 16 heavy (non-hydrogen) atoms. The summed E-state index contributed by atoms with van der Waals surface area (Å²) in [5.74, 6) is -1.50. The van der Waals surface area contributed by atoms with Gasteiger partial charge < -0.3 is 21.9 Å². The number of halogens is 1. The molecule has 0 aliphatic rings. The maximum atomic E-state index is 10.3. The number of carboxylic acid groups (broad SMARTS) is 1. The fourth-order valence-corrected chi connectivity index (χ4v) is 1.09. The van der Waals surface area contributed by atoms with E-state index in [-0.39, 0.29) is 34.9 Å². The molecule has 1 aromatic rings. The monoisotopic (exact) mass is 244 g/mol. The third-order valence-electron chi connectivity index (χ3n) is 1.54. The van der Waals surface area contributed by atoms with Crippen LogP contribution in [0.25, 0.3) is 0 Å². The maximum absolute atomic E-state index is 10.3. The number of aromatic nitrogens is 2. The van der Waals surface area contributed by atoms with Gasteiger partial charge in [-0.25, -0.2) is 9.97 Å². The van der Waals surface area contributed by atoms with Crippen LogP contribution in [-0.4, -0.2) is 33.4 Å². The van der Waals surface area contributed by atoms with Gasteiger partial charge in [-0.2, -0.15) is 0 Å². The van der Waals surface area contributed by atoms with Crippen molar-refractivity contribution in [2.24, 2.45) is 5.73 Å². The van der Waals surface area contributed by atoms with E-state index < -0.39 is 5.97 Å². The van der Waals surface area contributed by atoms with Gasteiger partial charge in [0.15, 0.2) is 16.8 Å². The Labute approximate surface area is 95.1 Å². The van der Waals surface area contributed by atoms with E-state index in [2.05, 4.69) is 15.3 Å². The summed E-state index contributed by atoms with van der Waals surface area (Å²) in [5, 5.41) is 17.9. The minimum atomic E-state index is -1.08. The van der Waals surface area contributed by atoms with E-state index in [1.165, 1.54) is 0 Å². The lowest BCUT2D eigenvalue weighted by atomic mass is 10.4. The number of hydrogen-bond donors (Lipinski definition) is 5. The molecule has 0 spiro atoms. The average molecular weight is 245 g/mol. The molecule has 0 saturated carbocycles. The maximum Gasteiger partial charge on any atom is 0.322 e. The molecule has 9 heteroatoms. The fourth-order valence-electron chi connectivity index (χ4n) is 0.898. The van der Waals surface area contributed by atoms with E-state index in [0.717, 1.165) is 0 Å². The van der Waals surface area contributed by atoms with Gasteiger partial charge in [-0.1, -0.05) is 11.6 Å². The number of carbonyl (C=O) groups is 1. The molecule has 0 fully saturated rings. The Bertz CT molecular complexity index is 449. The van der Waals surface area contributed by atoms with Crippen LogP contribution < -0.4 is 16.8 Å². The predicted molar refractivity (Wildman–Crippen MR) is 58.6 cm³/mol. The predicted octanol–water partition coefficient (Wildman–Crippen LogP) is -0.507.